The van der Waals surface area contributed by atoms with Crippen molar-refractivity contribution in [2.75, 3.05) is 5.32 Å². The number of nitrogens with zero attached hydrogens (tertiary/aromatic N) is 2. The van der Waals surface area contributed by atoms with E-state index in [1.807, 2.05) is 0 Å². The molecule has 94 valence electrons. The first-order chi connectivity index (χ1) is 8.56. The van der Waals surface area contributed by atoms with Crippen molar-refractivity contribution in [2.45, 2.75) is 13.5 Å². The molecule has 0 saturated carbocycles. The van der Waals surface area contributed by atoms with Crippen LogP contribution in [0.1, 0.15) is 21.9 Å². The quantitative estimate of drug-likeness (QED) is 0.884. The fourth-order valence-corrected chi connectivity index (χ4v) is 1.53. The van der Waals surface area contributed by atoms with Crippen LogP contribution in [0.5, 0.6) is 0 Å². The molecule has 6 nitrogen and oxygen atoms in total. The van der Waals surface area contributed by atoms with Crippen molar-refractivity contribution in [2.24, 2.45) is 0 Å². The number of halogens is 1. The van der Waals surface area contributed by atoms with Crippen LogP contribution in [0.3, 0.4) is 0 Å². The van der Waals surface area contributed by atoms with Gasteiger partial charge in [0.2, 0.25) is 0 Å². The number of aromatic carboxylic acids is 1. The highest BCUT2D eigenvalue weighted by Crippen LogP contribution is 2.16. The minimum absolute atomic E-state index is 0.161. The number of carboxylic acid groups (broad SMARTS) is 1. The lowest BCUT2D eigenvalue weighted by Crippen LogP contribution is -2.01. The summed E-state index contributed by atoms with van der Waals surface area (Å²) < 4.78 is 5.30. The molecule has 2 aromatic rings. The third kappa shape index (κ3) is 2.78. The summed E-state index contributed by atoms with van der Waals surface area (Å²) in [5.74, 6) is 0.419. The van der Waals surface area contributed by atoms with Gasteiger partial charge in [-0.2, -0.15) is 0 Å². The molecule has 0 saturated heterocycles. The second-order valence-corrected chi connectivity index (χ2v) is 3.97. The molecule has 2 aromatic heterocycles. The number of rotatable bonds is 4. The number of furan rings is 1. The summed E-state index contributed by atoms with van der Waals surface area (Å²) >= 11 is 5.60. The Labute approximate surface area is 108 Å². The molecule has 0 unspecified atom stereocenters. The summed E-state index contributed by atoms with van der Waals surface area (Å²) in [4.78, 5) is 10.8. The van der Waals surface area contributed by atoms with E-state index in [9.17, 15) is 4.79 Å². The fourth-order valence-electron chi connectivity index (χ4n) is 1.43. The Morgan fingerprint density at radius 3 is 2.83 bits per heavy atom. The first-order valence-electron chi connectivity index (χ1n) is 5.12. The van der Waals surface area contributed by atoms with Gasteiger partial charge in [-0.25, -0.2) is 4.79 Å². The summed E-state index contributed by atoms with van der Waals surface area (Å²) in [5, 5.41) is 19.6. The molecule has 7 heteroatoms. The van der Waals surface area contributed by atoms with Crippen molar-refractivity contribution in [3.63, 3.8) is 0 Å². The third-order valence-corrected chi connectivity index (χ3v) is 2.48. The third-order valence-electron chi connectivity index (χ3n) is 2.27. The second-order valence-electron chi connectivity index (χ2n) is 3.58. The van der Waals surface area contributed by atoms with E-state index in [0.717, 1.165) is 0 Å². The maximum atomic E-state index is 10.8. The van der Waals surface area contributed by atoms with Crippen molar-refractivity contribution in [3.05, 3.63) is 40.4 Å². The van der Waals surface area contributed by atoms with Gasteiger partial charge in [-0.05, 0) is 25.1 Å². The Bertz CT molecular complexity index is 565. The molecule has 0 aliphatic heterocycles. The molecule has 0 amide bonds. The minimum Gasteiger partial charge on any atom is -0.478 e. The van der Waals surface area contributed by atoms with E-state index in [1.165, 1.54) is 6.07 Å². The predicted molar refractivity (Wildman–Crippen MR) is 64.8 cm³/mol. The summed E-state index contributed by atoms with van der Waals surface area (Å²) in [7, 11) is 0. The number of nitrogens with one attached hydrogen (secondary N) is 1. The van der Waals surface area contributed by atoms with Crippen LogP contribution < -0.4 is 5.32 Å². The molecule has 0 fully saturated rings. The van der Waals surface area contributed by atoms with Crippen molar-refractivity contribution in [1.82, 2.24) is 10.2 Å². The molecule has 2 heterocycles. The molecule has 0 radical (unpaired) electrons. The smallest absolute Gasteiger partial charge is 0.339 e. The zero-order chi connectivity index (χ0) is 13.1. The van der Waals surface area contributed by atoms with Gasteiger partial charge in [-0.1, -0.05) is 11.6 Å². The maximum absolute atomic E-state index is 10.8. The average molecular weight is 268 g/mol. The molecule has 2 N–H and O–H groups in total. The van der Waals surface area contributed by atoms with E-state index in [-0.39, 0.29) is 5.56 Å². The van der Waals surface area contributed by atoms with Crippen LogP contribution in [0.2, 0.25) is 5.15 Å². The lowest BCUT2D eigenvalue weighted by molar-refractivity contribution is 0.0695. The van der Waals surface area contributed by atoms with Crippen LogP contribution in [0, 0.1) is 6.92 Å². The van der Waals surface area contributed by atoms with E-state index >= 15 is 0 Å². The summed E-state index contributed by atoms with van der Waals surface area (Å²) in [6, 6.07) is 4.75. The molecular formula is C11H10ClN3O3. The van der Waals surface area contributed by atoms with Gasteiger partial charge in [0, 0.05) is 0 Å². The van der Waals surface area contributed by atoms with E-state index in [4.69, 9.17) is 21.1 Å². The van der Waals surface area contributed by atoms with Gasteiger partial charge in [0.1, 0.15) is 22.9 Å². The van der Waals surface area contributed by atoms with Gasteiger partial charge in [-0.3, -0.25) is 0 Å². The van der Waals surface area contributed by atoms with E-state index < -0.39 is 5.97 Å². The lowest BCUT2D eigenvalue weighted by atomic mass is 10.2. The van der Waals surface area contributed by atoms with E-state index in [0.29, 0.717) is 29.0 Å². The Hall–Kier alpha value is -2.08. The average Bonchev–Trinajstić information content (AvgIpc) is 2.70. The maximum Gasteiger partial charge on any atom is 0.339 e. The predicted octanol–water partition coefficient (Wildman–Crippen LogP) is 2.34. The van der Waals surface area contributed by atoms with Gasteiger partial charge >= 0.3 is 5.97 Å². The topological polar surface area (TPSA) is 88.3 Å². The van der Waals surface area contributed by atoms with Crippen LogP contribution in [0.25, 0.3) is 0 Å². The highest BCUT2D eigenvalue weighted by molar-refractivity contribution is 6.29. The van der Waals surface area contributed by atoms with Crippen LogP contribution in [0.4, 0.5) is 5.82 Å². The first kappa shape index (κ1) is 12.4. The second kappa shape index (κ2) is 5.05. The largest absolute Gasteiger partial charge is 0.478 e. The fraction of sp³-hybridized carbons (Fsp3) is 0.182. The number of aromatic nitrogens is 2. The van der Waals surface area contributed by atoms with Crippen molar-refractivity contribution in [3.8, 4) is 0 Å². The molecular weight excluding hydrogens is 258 g/mol. The molecule has 0 spiro atoms. The van der Waals surface area contributed by atoms with Crippen LogP contribution in [0.15, 0.2) is 22.6 Å². The number of hydrogen-bond acceptors (Lipinski definition) is 5. The van der Waals surface area contributed by atoms with Gasteiger partial charge in [0.05, 0.1) is 6.54 Å². The van der Waals surface area contributed by atoms with Crippen LogP contribution >= 0.6 is 11.6 Å². The molecule has 0 atom stereocenters. The number of aryl methyl sites for hydroxylation is 1. The molecule has 0 aromatic carbocycles. The zero-order valence-corrected chi connectivity index (χ0v) is 10.2. The van der Waals surface area contributed by atoms with Gasteiger partial charge < -0.3 is 14.8 Å². The normalized spacial score (nSPS) is 10.3. The van der Waals surface area contributed by atoms with Crippen molar-refractivity contribution in [1.29, 1.82) is 0 Å². The number of anilines is 1. The zero-order valence-electron chi connectivity index (χ0n) is 9.48. The van der Waals surface area contributed by atoms with Crippen molar-refractivity contribution < 1.29 is 14.3 Å². The van der Waals surface area contributed by atoms with Gasteiger partial charge in [-0.15, -0.1) is 10.2 Å². The molecule has 18 heavy (non-hydrogen) atoms. The van der Waals surface area contributed by atoms with E-state index in [2.05, 4.69) is 15.5 Å². The van der Waals surface area contributed by atoms with Crippen LogP contribution in [-0.2, 0) is 6.54 Å². The monoisotopic (exact) mass is 267 g/mol. The standard InChI is InChI=1S/C11H10ClN3O3/c1-6-8(11(16)17)4-7(18-6)5-13-10-3-2-9(12)14-15-10/h2-4H,5H2,1H3,(H,13,15)(H,16,17). The Balaban J connectivity index is 2.04. The number of carbonyl (C=O) groups is 1. The minimum atomic E-state index is -1.01. The summed E-state index contributed by atoms with van der Waals surface area (Å²) in [6.45, 7) is 1.93. The molecule has 2 rings (SSSR count). The Kier molecular flexibility index (Phi) is 3.47. The lowest BCUT2D eigenvalue weighted by Gasteiger charge is -2.01. The van der Waals surface area contributed by atoms with E-state index in [1.54, 1.807) is 19.1 Å². The molecule has 0 bridgehead atoms. The van der Waals surface area contributed by atoms with Crippen molar-refractivity contribution >= 4 is 23.4 Å². The number of carboxylic acids is 1. The number of hydrogen-bond donors (Lipinski definition) is 2. The summed E-state index contributed by atoms with van der Waals surface area (Å²) in [6.07, 6.45) is 0. The van der Waals surface area contributed by atoms with Gasteiger partial charge in [0.25, 0.3) is 0 Å². The molecule has 0 aliphatic rings. The molecule has 0 aliphatic carbocycles. The first-order valence-corrected chi connectivity index (χ1v) is 5.50. The Morgan fingerprint density at radius 2 is 2.28 bits per heavy atom. The van der Waals surface area contributed by atoms with Gasteiger partial charge in [0.15, 0.2) is 5.15 Å². The SMILES string of the molecule is Cc1oc(CNc2ccc(Cl)nn2)cc1C(=O)O. The summed E-state index contributed by atoms with van der Waals surface area (Å²) in [5.41, 5.74) is 0.161. The highest BCUT2D eigenvalue weighted by atomic mass is 35.5. The van der Waals surface area contributed by atoms with Crippen LogP contribution in [-0.4, -0.2) is 21.3 Å². The Morgan fingerprint density at radius 1 is 1.50 bits per heavy atom. The highest BCUT2D eigenvalue weighted by Gasteiger charge is 2.13.